The van der Waals surface area contributed by atoms with Crippen molar-refractivity contribution in [3.8, 4) is 0 Å². The van der Waals surface area contributed by atoms with E-state index in [1.807, 2.05) is 0 Å². The molecule has 0 saturated heterocycles. The monoisotopic (exact) mass is 257 g/mol. The van der Waals surface area contributed by atoms with Gasteiger partial charge in [0.25, 0.3) is 5.09 Å². The quantitative estimate of drug-likeness (QED) is 0.469. The summed E-state index contributed by atoms with van der Waals surface area (Å²) in [6.45, 7) is 0. The number of benzene rings is 2. The Morgan fingerprint density at radius 3 is 2.05 bits per heavy atom. The lowest BCUT2D eigenvalue weighted by Gasteiger charge is -2.14. The van der Waals surface area contributed by atoms with Gasteiger partial charge >= 0.3 is 0 Å². The predicted octanol–water partition coefficient (Wildman–Crippen LogP) is 2.82. The number of nitrogens with zero attached hydrogens (tertiary/aromatic N) is 1. The third-order valence-electron chi connectivity index (χ3n) is 2.59. The van der Waals surface area contributed by atoms with Gasteiger partial charge in [-0.3, -0.25) is 9.63 Å². The zero-order valence-electron chi connectivity index (χ0n) is 9.93. The van der Waals surface area contributed by atoms with Gasteiger partial charge in [0.1, 0.15) is 0 Å². The molecule has 0 bridgehead atoms. The van der Waals surface area contributed by atoms with Crippen LogP contribution < -0.4 is 0 Å². The Morgan fingerprint density at radius 2 is 1.53 bits per heavy atom. The van der Waals surface area contributed by atoms with Crippen LogP contribution in [0.2, 0.25) is 0 Å². The van der Waals surface area contributed by atoms with Crippen LogP contribution in [0.25, 0.3) is 0 Å². The van der Waals surface area contributed by atoms with E-state index in [1.165, 1.54) is 0 Å². The van der Waals surface area contributed by atoms with E-state index in [4.69, 9.17) is 0 Å². The minimum atomic E-state index is -1.24. The van der Waals surface area contributed by atoms with Crippen molar-refractivity contribution in [3.63, 3.8) is 0 Å². The van der Waals surface area contributed by atoms with Crippen LogP contribution in [-0.2, 0) is 4.84 Å². The van der Waals surface area contributed by atoms with E-state index in [2.05, 4.69) is 4.84 Å². The fourth-order valence-corrected chi connectivity index (χ4v) is 1.73. The minimum absolute atomic E-state index is 0.373. The number of Topliss-reactive ketones (excluding diaryl/α,β-unsaturated/α-hetero) is 1. The van der Waals surface area contributed by atoms with E-state index in [1.54, 1.807) is 60.7 Å². The van der Waals surface area contributed by atoms with E-state index in [0.29, 0.717) is 11.1 Å². The average molecular weight is 257 g/mol. The second-order valence-electron chi connectivity index (χ2n) is 3.85. The van der Waals surface area contributed by atoms with Crippen molar-refractivity contribution < 1.29 is 14.7 Å². The molecular formula is C14H11NO4. The molecule has 1 unspecified atom stereocenters. The minimum Gasteiger partial charge on any atom is -0.297 e. The van der Waals surface area contributed by atoms with Crippen LogP contribution in [0.5, 0.6) is 0 Å². The van der Waals surface area contributed by atoms with Crippen molar-refractivity contribution in [1.29, 1.82) is 0 Å². The normalized spacial score (nSPS) is 11.6. The SMILES string of the molecule is O=C(c1ccccc1)C(O[N+](=O)[O-])c1ccccc1. The zero-order valence-corrected chi connectivity index (χ0v) is 9.93. The van der Waals surface area contributed by atoms with Crippen molar-refractivity contribution >= 4 is 5.78 Å². The molecule has 0 radical (unpaired) electrons. The van der Waals surface area contributed by atoms with Crippen LogP contribution >= 0.6 is 0 Å². The Bertz CT molecular complexity index is 569. The molecule has 0 heterocycles. The van der Waals surface area contributed by atoms with Gasteiger partial charge < -0.3 is 0 Å². The summed E-state index contributed by atoms with van der Waals surface area (Å²) in [5.41, 5.74) is 0.825. The Balaban J connectivity index is 2.33. The summed E-state index contributed by atoms with van der Waals surface area (Å²) >= 11 is 0. The van der Waals surface area contributed by atoms with Crippen LogP contribution in [0.15, 0.2) is 60.7 Å². The molecule has 0 aliphatic rings. The van der Waals surface area contributed by atoms with Crippen molar-refractivity contribution in [2.24, 2.45) is 0 Å². The van der Waals surface area contributed by atoms with Gasteiger partial charge in [0.2, 0.25) is 0 Å². The standard InChI is InChI=1S/C14H11NO4/c16-13(11-7-3-1-4-8-11)14(19-15(17)18)12-9-5-2-6-10-12/h1-10,14H. The summed E-state index contributed by atoms with van der Waals surface area (Å²) in [4.78, 5) is 27.3. The molecule has 5 heteroatoms. The van der Waals surface area contributed by atoms with Crippen molar-refractivity contribution in [2.45, 2.75) is 6.10 Å². The topological polar surface area (TPSA) is 69.4 Å². The maximum atomic E-state index is 12.3. The molecule has 0 aliphatic heterocycles. The summed E-state index contributed by atoms with van der Waals surface area (Å²) in [6.07, 6.45) is -1.24. The molecule has 2 aromatic rings. The average Bonchev–Trinajstić information content (AvgIpc) is 2.46. The Labute approximate surface area is 109 Å². The van der Waals surface area contributed by atoms with Gasteiger partial charge in [0, 0.05) is 5.56 Å². The first-order chi connectivity index (χ1) is 9.18. The lowest BCUT2D eigenvalue weighted by Crippen LogP contribution is -2.19. The number of ketones is 1. The molecule has 2 rings (SSSR count). The highest BCUT2D eigenvalue weighted by atomic mass is 17.0. The highest BCUT2D eigenvalue weighted by molar-refractivity contribution is 5.99. The lowest BCUT2D eigenvalue weighted by atomic mass is 10.0. The molecule has 19 heavy (non-hydrogen) atoms. The first-order valence-corrected chi connectivity index (χ1v) is 5.64. The van der Waals surface area contributed by atoms with Crippen LogP contribution in [0.4, 0.5) is 0 Å². The van der Waals surface area contributed by atoms with Crippen LogP contribution in [0, 0.1) is 10.1 Å². The van der Waals surface area contributed by atoms with Gasteiger partial charge in [-0.1, -0.05) is 60.7 Å². The van der Waals surface area contributed by atoms with Crippen molar-refractivity contribution in [3.05, 3.63) is 81.9 Å². The molecule has 0 spiro atoms. The Morgan fingerprint density at radius 1 is 1.00 bits per heavy atom. The molecular weight excluding hydrogens is 246 g/mol. The number of carbonyl (C=O) groups excluding carboxylic acids is 1. The number of carbonyl (C=O) groups is 1. The summed E-state index contributed by atoms with van der Waals surface area (Å²) in [5.74, 6) is -0.441. The largest absolute Gasteiger partial charge is 0.297 e. The van der Waals surface area contributed by atoms with Gasteiger partial charge in [-0.25, -0.2) is 0 Å². The molecule has 2 aromatic carbocycles. The van der Waals surface area contributed by atoms with Crippen molar-refractivity contribution in [1.82, 2.24) is 0 Å². The van der Waals surface area contributed by atoms with Gasteiger partial charge in [0.15, 0.2) is 11.9 Å². The summed E-state index contributed by atoms with van der Waals surface area (Å²) in [5, 5.41) is 9.60. The summed E-state index contributed by atoms with van der Waals surface area (Å²) in [6, 6.07) is 16.8. The van der Waals surface area contributed by atoms with E-state index in [-0.39, 0.29) is 0 Å². The zero-order chi connectivity index (χ0) is 13.7. The number of hydrogen-bond donors (Lipinski definition) is 0. The fourth-order valence-electron chi connectivity index (χ4n) is 1.73. The molecule has 0 aliphatic carbocycles. The highest BCUT2D eigenvalue weighted by Gasteiger charge is 2.25. The first kappa shape index (κ1) is 12.8. The second-order valence-corrected chi connectivity index (χ2v) is 3.85. The van der Waals surface area contributed by atoms with Crippen LogP contribution in [-0.4, -0.2) is 10.9 Å². The Kier molecular flexibility index (Phi) is 3.87. The van der Waals surface area contributed by atoms with E-state index in [9.17, 15) is 14.9 Å². The van der Waals surface area contributed by atoms with Gasteiger partial charge in [-0.15, -0.1) is 10.1 Å². The van der Waals surface area contributed by atoms with E-state index >= 15 is 0 Å². The summed E-state index contributed by atoms with van der Waals surface area (Å²) < 4.78 is 0. The molecule has 5 nitrogen and oxygen atoms in total. The van der Waals surface area contributed by atoms with E-state index in [0.717, 1.165) is 0 Å². The lowest BCUT2D eigenvalue weighted by molar-refractivity contribution is -0.766. The maximum Gasteiger partial charge on any atom is 0.295 e. The van der Waals surface area contributed by atoms with Crippen molar-refractivity contribution in [2.75, 3.05) is 0 Å². The Hall–Kier alpha value is -2.69. The van der Waals surface area contributed by atoms with Gasteiger partial charge in [-0.05, 0) is 5.56 Å². The molecule has 0 fully saturated rings. The number of rotatable bonds is 5. The summed E-state index contributed by atoms with van der Waals surface area (Å²) in [7, 11) is 0. The first-order valence-electron chi connectivity index (χ1n) is 5.64. The smallest absolute Gasteiger partial charge is 0.295 e. The molecule has 1 atom stereocenters. The highest BCUT2D eigenvalue weighted by Crippen LogP contribution is 2.22. The van der Waals surface area contributed by atoms with Gasteiger partial charge in [-0.2, -0.15) is 0 Å². The number of hydrogen-bond acceptors (Lipinski definition) is 4. The molecule has 0 N–H and O–H groups in total. The fraction of sp³-hybridized carbons (Fsp3) is 0.0714. The molecule has 0 amide bonds. The molecule has 96 valence electrons. The third-order valence-corrected chi connectivity index (χ3v) is 2.59. The second kappa shape index (κ2) is 5.77. The van der Waals surface area contributed by atoms with Crippen LogP contribution in [0.3, 0.4) is 0 Å². The molecule has 0 aromatic heterocycles. The molecule has 0 saturated carbocycles. The van der Waals surface area contributed by atoms with Gasteiger partial charge in [0.05, 0.1) is 0 Å². The van der Waals surface area contributed by atoms with Crippen LogP contribution in [0.1, 0.15) is 22.0 Å². The third kappa shape index (κ3) is 3.16. The maximum absolute atomic E-state index is 12.3. The van der Waals surface area contributed by atoms with E-state index < -0.39 is 17.0 Å². The predicted molar refractivity (Wildman–Crippen MR) is 68.0 cm³/mol.